The lowest BCUT2D eigenvalue weighted by molar-refractivity contribution is -0.220. The van der Waals surface area contributed by atoms with E-state index >= 15 is 0 Å². The van der Waals surface area contributed by atoms with Crippen LogP contribution in [0.5, 0.6) is 0 Å². The van der Waals surface area contributed by atoms with Crippen LogP contribution < -0.4 is 0 Å². The largest absolute Gasteiger partial charge is 0.472 e. The molecule has 16 heteroatoms. The maximum atomic E-state index is 12.8. The fourth-order valence-corrected chi connectivity index (χ4v) is 7.07. The van der Waals surface area contributed by atoms with Crippen molar-refractivity contribution in [1.29, 1.82) is 0 Å². The third kappa shape index (κ3) is 30.4. The van der Waals surface area contributed by atoms with Crippen LogP contribution in [0.1, 0.15) is 117 Å². The predicted molar refractivity (Wildman–Crippen MR) is 251 cm³/mol. The average molecular weight is 937 g/mol. The minimum atomic E-state index is -5.19. The number of phosphoric ester groups is 1. The summed E-state index contributed by atoms with van der Waals surface area (Å²) >= 11 is 0. The molecule has 1 aliphatic rings. The van der Waals surface area contributed by atoms with Gasteiger partial charge in [-0.3, -0.25) is 18.6 Å². The number of carbonyl (C=O) groups is 2. The van der Waals surface area contributed by atoms with Crippen molar-refractivity contribution in [2.24, 2.45) is 0 Å². The van der Waals surface area contributed by atoms with Crippen LogP contribution in [0.3, 0.4) is 0 Å². The Bertz CT molecular complexity index is 1580. The van der Waals surface area contributed by atoms with Gasteiger partial charge in [0.15, 0.2) is 6.10 Å². The number of esters is 2. The van der Waals surface area contributed by atoms with Crippen molar-refractivity contribution >= 4 is 19.8 Å². The van der Waals surface area contributed by atoms with Crippen LogP contribution in [0.4, 0.5) is 0 Å². The van der Waals surface area contributed by atoms with Crippen LogP contribution in [0.25, 0.3) is 0 Å². The van der Waals surface area contributed by atoms with Crippen LogP contribution >= 0.6 is 7.82 Å². The van der Waals surface area contributed by atoms with E-state index in [4.69, 9.17) is 18.5 Å². The molecule has 0 aliphatic heterocycles. The summed E-state index contributed by atoms with van der Waals surface area (Å²) in [7, 11) is -5.19. The third-order valence-corrected chi connectivity index (χ3v) is 10.8. The Kier molecular flexibility index (Phi) is 34.3. The predicted octanol–water partition coefficient (Wildman–Crippen LogP) is 6.77. The number of allylic oxidation sites excluding steroid dienone is 14. The van der Waals surface area contributed by atoms with Gasteiger partial charge in [-0.05, 0) is 70.6 Å². The fourth-order valence-electron chi connectivity index (χ4n) is 6.10. The average Bonchev–Trinajstić information content (AvgIpc) is 3.28. The Morgan fingerprint density at radius 3 is 1.78 bits per heavy atom. The highest BCUT2D eigenvalue weighted by molar-refractivity contribution is 7.47. The van der Waals surface area contributed by atoms with Crippen LogP contribution in [0.15, 0.2) is 109 Å². The number of phosphoric acid groups is 1. The van der Waals surface area contributed by atoms with Gasteiger partial charge in [-0.2, -0.15) is 0 Å². The van der Waals surface area contributed by atoms with Gasteiger partial charge in [0, 0.05) is 12.8 Å². The first-order valence-corrected chi connectivity index (χ1v) is 24.4. The molecular formula is C49H77O15P. The molecule has 1 rings (SSSR count). The monoisotopic (exact) mass is 937 g/mol. The second kappa shape index (κ2) is 37.5. The molecule has 0 bridgehead atoms. The summed E-state index contributed by atoms with van der Waals surface area (Å²) in [6.45, 7) is 2.80. The normalized spacial score (nSPS) is 23.4. The Balaban J connectivity index is 2.60. The van der Waals surface area contributed by atoms with Gasteiger partial charge in [-0.1, -0.05) is 142 Å². The second-order valence-corrected chi connectivity index (χ2v) is 16.9. The lowest BCUT2D eigenvalue weighted by Crippen LogP contribution is -2.64. The number of aliphatic hydroxyl groups excluding tert-OH is 7. The Labute approximate surface area is 386 Å². The zero-order valence-electron chi connectivity index (χ0n) is 38.2. The van der Waals surface area contributed by atoms with Crippen LogP contribution in [0.2, 0.25) is 0 Å². The van der Waals surface area contributed by atoms with E-state index in [1.807, 2.05) is 37.3 Å². The van der Waals surface area contributed by atoms with E-state index in [1.165, 1.54) is 0 Å². The van der Waals surface area contributed by atoms with E-state index in [1.54, 1.807) is 42.5 Å². The molecule has 368 valence electrons. The molecule has 0 aromatic carbocycles. The highest BCUT2D eigenvalue weighted by Crippen LogP contribution is 2.47. The Hall–Kier alpha value is -3.57. The first kappa shape index (κ1) is 59.4. The van der Waals surface area contributed by atoms with E-state index in [2.05, 4.69) is 43.4 Å². The van der Waals surface area contributed by atoms with E-state index in [-0.39, 0.29) is 12.8 Å². The number of hydrogen-bond donors (Lipinski definition) is 8. The lowest BCUT2D eigenvalue weighted by atomic mass is 9.85. The van der Waals surface area contributed by atoms with Gasteiger partial charge < -0.3 is 50.1 Å². The summed E-state index contributed by atoms with van der Waals surface area (Å²) in [5.74, 6) is -1.32. The Morgan fingerprint density at radius 2 is 1.11 bits per heavy atom. The summed E-state index contributed by atoms with van der Waals surface area (Å²) in [4.78, 5) is 35.7. The molecule has 0 amide bonds. The van der Waals surface area contributed by atoms with Gasteiger partial charge in [0.25, 0.3) is 0 Å². The minimum absolute atomic E-state index is 0.0971. The number of hydrogen-bond acceptors (Lipinski definition) is 14. The van der Waals surface area contributed by atoms with E-state index in [0.717, 1.165) is 57.8 Å². The third-order valence-electron chi connectivity index (χ3n) is 9.78. The number of ether oxygens (including phenoxy) is 2. The van der Waals surface area contributed by atoms with E-state index < -0.39 is 87.9 Å². The summed E-state index contributed by atoms with van der Waals surface area (Å²) in [5.41, 5.74) is 0. The van der Waals surface area contributed by atoms with Gasteiger partial charge >= 0.3 is 19.8 Å². The lowest BCUT2D eigenvalue weighted by Gasteiger charge is -2.41. The molecular weight excluding hydrogens is 859 g/mol. The molecule has 15 nitrogen and oxygen atoms in total. The summed E-state index contributed by atoms with van der Waals surface area (Å²) in [5, 5.41) is 70.2. The van der Waals surface area contributed by atoms with Crippen molar-refractivity contribution in [3.63, 3.8) is 0 Å². The maximum absolute atomic E-state index is 12.8. The van der Waals surface area contributed by atoms with Crippen molar-refractivity contribution in [2.75, 3.05) is 13.2 Å². The fraction of sp³-hybridized carbons (Fsp3) is 0.592. The molecule has 10 atom stereocenters. The van der Waals surface area contributed by atoms with Gasteiger partial charge in [-0.25, -0.2) is 4.57 Å². The SMILES string of the molecule is CC/C=C\C/C=C\C/C=C\CCCCCCCC(=O)OC[C@H](COP(=O)(O)OC1[C@H](O)[C@H](O)C(O)[C@H](O)[C@H]1O)OC(=O)CCC/C=C\[C@@H](O)/C=C/C=C\C/C=C\C=C\[C@@H](O)C/C=C\CC. The van der Waals surface area contributed by atoms with Gasteiger partial charge in [0.2, 0.25) is 0 Å². The van der Waals surface area contributed by atoms with E-state index in [9.17, 15) is 54.8 Å². The first-order valence-electron chi connectivity index (χ1n) is 22.9. The first-order chi connectivity index (χ1) is 31.2. The number of aliphatic hydroxyl groups is 7. The number of unbranched alkanes of at least 4 members (excludes halogenated alkanes) is 6. The van der Waals surface area contributed by atoms with Crippen molar-refractivity contribution in [1.82, 2.24) is 0 Å². The molecule has 0 spiro atoms. The molecule has 0 saturated heterocycles. The van der Waals surface area contributed by atoms with Crippen molar-refractivity contribution in [3.05, 3.63) is 109 Å². The number of rotatable bonds is 35. The summed E-state index contributed by atoms with van der Waals surface area (Å²) < 4.78 is 33.3. The number of carbonyl (C=O) groups excluding carboxylic acids is 2. The van der Waals surface area contributed by atoms with Gasteiger partial charge in [0.05, 0.1) is 18.8 Å². The maximum Gasteiger partial charge on any atom is 0.472 e. The molecule has 0 heterocycles. The highest BCUT2D eigenvalue weighted by Gasteiger charge is 2.51. The molecule has 1 fully saturated rings. The minimum Gasteiger partial charge on any atom is -0.462 e. The summed E-state index contributed by atoms with van der Waals surface area (Å²) in [6, 6.07) is 0. The molecule has 0 aromatic heterocycles. The standard InChI is InChI=1S/C49H77O15P/c1-3-5-7-8-9-10-11-12-13-14-15-16-20-23-29-35-42(52)61-37-41(38-62-65(59,60)64-49-47(57)45(55)44(54)46(56)48(49)58)63-43(53)36-30-24-28-34-40(51)33-27-22-19-17-18-21-26-32-39(50)31-25-6-4-2/h5-7,9-10,12-13,18-19,21-22,25-28,32-34,39-41,44-51,54-58H,3-4,8,11,14-17,20,23-24,29-31,35-38H2,1-2H3,(H,59,60)/b7-5-,10-9-,13-12-,21-18-,22-19-,25-6-,32-26+,33-27+,34-28-/t39-,40-,41+,44?,45-,46+,47+,48+,49?/m0/s1. The molecule has 1 aliphatic carbocycles. The molecule has 3 unspecified atom stereocenters. The van der Waals surface area contributed by atoms with Crippen molar-refractivity contribution < 1.29 is 73.3 Å². The molecule has 65 heavy (non-hydrogen) atoms. The summed E-state index contributed by atoms with van der Waals surface area (Å²) in [6.07, 6.45) is 30.6. The zero-order chi connectivity index (χ0) is 48.1. The molecule has 0 radical (unpaired) electrons. The van der Waals surface area contributed by atoms with Crippen LogP contribution in [0, 0.1) is 0 Å². The smallest absolute Gasteiger partial charge is 0.462 e. The van der Waals surface area contributed by atoms with Crippen molar-refractivity contribution in [3.8, 4) is 0 Å². The van der Waals surface area contributed by atoms with Crippen LogP contribution in [-0.4, -0.2) is 121 Å². The highest BCUT2D eigenvalue weighted by atomic mass is 31.2. The van der Waals surface area contributed by atoms with Gasteiger partial charge in [0.1, 0.15) is 43.2 Å². The van der Waals surface area contributed by atoms with Crippen molar-refractivity contribution in [2.45, 2.75) is 172 Å². The molecule has 8 N–H and O–H groups in total. The zero-order valence-corrected chi connectivity index (χ0v) is 39.1. The molecule has 0 aromatic rings. The van der Waals surface area contributed by atoms with Gasteiger partial charge in [-0.15, -0.1) is 0 Å². The topological polar surface area (TPSA) is 250 Å². The van der Waals surface area contributed by atoms with E-state index in [0.29, 0.717) is 32.1 Å². The quantitative estimate of drug-likeness (QED) is 0.0107. The second-order valence-electron chi connectivity index (χ2n) is 15.5. The molecule has 1 saturated carbocycles. The Morgan fingerprint density at radius 1 is 0.569 bits per heavy atom. The van der Waals surface area contributed by atoms with Crippen LogP contribution in [-0.2, 0) is 32.7 Å².